The van der Waals surface area contributed by atoms with Gasteiger partial charge in [-0.05, 0) is 31.6 Å². The van der Waals surface area contributed by atoms with Crippen LogP contribution in [0.3, 0.4) is 0 Å². The molecule has 0 spiro atoms. The number of amides is 1. The molecule has 1 saturated heterocycles. The zero-order chi connectivity index (χ0) is 12.4. The van der Waals surface area contributed by atoms with Gasteiger partial charge in [-0.3, -0.25) is 9.69 Å². The maximum atomic E-state index is 12.0. The van der Waals surface area contributed by atoms with Crippen LogP contribution in [0.1, 0.15) is 23.6 Å². The summed E-state index contributed by atoms with van der Waals surface area (Å²) in [7, 11) is 0. The molecule has 5 heteroatoms. The van der Waals surface area contributed by atoms with E-state index in [0.717, 1.165) is 16.2 Å². The van der Waals surface area contributed by atoms with Gasteiger partial charge < -0.3 is 0 Å². The van der Waals surface area contributed by atoms with Crippen molar-refractivity contribution in [2.45, 2.75) is 20.3 Å². The Morgan fingerprint density at radius 3 is 2.71 bits per heavy atom. The van der Waals surface area contributed by atoms with Crippen molar-refractivity contribution >= 4 is 51.6 Å². The second-order valence-electron chi connectivity index (χ2n) is 3.58. The van der Waals surface area contributed by atoms with E-state index in [-0.39, 0.29) is 5.91 Å². The number of thioether (sulfide) groups is 1. The molecule has 0 N–H and O–H groups in total. The van der Waals surface area contributed by atoms with Gasteiger partial charge in [0.25, 0.3) is 5.91 Å². The molecule has 1 aliphatic rings. The number of hydrogen-bond acceptors (Lipinski definition) is 4. The standard InChI is InChI=1S/C12H13NOS3/c1-3-8-5-6-9(16-8)7-10-11(14)13(4-2)12(15)17-10/h5-7H,3-4H2,1-2H3/b10-7+. The second kappa shape index (κ2) is 5.33. The highest BCUT2D eigenvalue weighted by Crippen LogP contribution is 2.33. The highest BCUT2D eigenvalue weighted by molar-refractivity contribution is 8.26. The van der Waals surface area contributed by atoms with Gasteiger partial charge in [0.15, 0.2) is 0 Å². The van der Waals surface area contributed by atoms with Gasteiger partial charge in [-0.25, -0.2) is 0 Å². The lowest BCUT2D eigenvalue weighted by molar-refractivity contribution is -0.121. The van der Waals surface area contributed by atoms with E-state index in [1.807, 2.05) is 13.0 Å². The Kier molecular flexibility index (Phi) is 4.01. The third kappa shape index (κ3) is 2.61. The summed E-state index contributed by atoms with van der Waals surface area (Å²) < 4.78 is 0.663. The Hall–Kier alpha value is -0.650. The average molecular weight is 283 g/mol. The topological polar surface area (TPSA) is 20.3 Å². The molecule has 0 bridgehead atoms. The number of carbonyl (C=O) groups is 1. The predicted molar refractivity (Wildman–Crippen MR) is 79.3 cm³/mol. The quantitative estimate of drug-likeness (QED) is 0.625. The summed E-state index contributed by atoms with van der Waals surface area (Å²) in [5.74, 6) is 0.0361. The molecule has 0 atom stereocenters. The number of carbonyl (C=O) groups excluding carboxylic acids is 1. The fourth-order valence-corrected chi connectivity index (χ4v) is 3.91. The summed E-state index contributed by atoms with van der Waals surface area (Å²) >= 11 is 8.29. The van der Waals surface area contributed by atoms with Gasteiger partial charge in [-0.1, -0.05) is 30.9 Å². The molecule has 17 heavy (non-hydrogen) atoms. The molecule has 1 aromatic rings. The van der Waals surface area contributed by atoms with Crippen LogP contribution in [0, 0.1) is 0 Å². The maximum absolute atomic E-state index is 12.0. The first kappa shape index (κ1) is 12.8. The van der Waals surface area contributed by atoms with Crippen LogP contribution >= 0.6 is 35.3 Å². The number of hydrogen-bond donors (Lipinski definition) is 0. The normalized spacial score (nSPS) is 18.5. The summed E-state index contributed by atoms with van der Waals surface area (Å²) in [6.45, 7) is 4.72. The van der Waals surface area contributed by atoms with Crippen LogP contribution in [0.5, 0.6) is 0 Å². The summed E-state index contributed by atoms with van der Waals surface area (Å²) in [6.07, 6.45) is 2.98. The van der Waals surface area contributed by atoms with Crippen LogP contribution < -0.4 is 0 Å². The van der Waals surface area contributed by atoms with Crippen LogP contribution in [-0.4, -0.2) is 21.7 Å². The Morgan fingerprint density at radius 2 is 2.18 bits per heavy atom. The molecule has 90 valence electrons. The SMILES string of the molecule is CCc1ccc(/C=C2/SC(=S)N(CC)C2=O)s1. The zero-order valence-electron chi connectivity index (χ0n) is 9.73. The van der Waals surface area contributed by atoms with Crippen molar-refractivity contribution in [3.8, 4) is 0 Å². The molecule has 0 aromatic carbocycles. The maximum Gasteiger partial charge on any atom is 0.266 e. The minimum Gasteiger partial charge on any atom is -0.293 e. The first-order chi connectivity index (χ1) is 8.15. The third-order valence-corrected chi connectivity index (χ3v) is 5.05. The molecule has 0 aliphatic carbocycles. The monoisotopic (exact) mass is 283 g/mol. The van der Waals surface area contributed by atoms with Crippen molar-refractivity contribution in [1.82, 2.24) is 4.90 Å². The lowest BCUT2D eigenvalue weighted by Crippen LogP contribution is -2.27. The van der Waals surface area contributed by atoms with Crippen LogP contribution in [0.4, 0.5) is 0 Å². The van der Waals surface area contributed by atoms with E-state index >= 15 is 0 Å². The first-order valence-corrected chi connectivity index (χ1v) is 7.54. The van der Waals surface area contributed by atoms with Gasteiger partial charge in [0.2, 0.25) is 0 Å². The van der Waals surface area contributed by atoms with Gasteiger partial charge in [0.05, 0.1) is 4.91 Å². The number of thiophene rings is 1. The fraction of sp³-hybridized carbons (Fsp3) is 0.333. The number of likely N-dealkylation sites (N-methyl/N-ethyl adjacent to an activating group) is 1. The molecule has 0 saturated carbocycles. The predicted octanol–water partition coefficient (Wildman–Crippen LogP) is 3.53. The summed E-state index contributed by atoms with van der Waals surface area (Å²) in [5, 5.41) is 0. The highest BCUT2D eigenvalue weighted by Gasteiger charge is 2.30. The third-order valence-electron chi connectivity index (χ3n) is 2.49. The van der Waals surface area contributed by atoms with Gasteiger partial charge in [0.1, 0.15) is 4.32 Å². The largest absolute Gasteiger partial charge is 0.293 e. The number of rotatable bonds is 3. The van der Waals surface area contributed by atoms with Gasteiger partial charge in [0, 0.05) is 16.3 Å². The van der Waals surface area contributed by atoms with Crippen LogP contribution in [0.15, 0.2) is 17.0 Å². The molecule has 2 rings (SSSR count). The Bertz CT molecular complexity index is 490. The molecule has 1 aromatic heterocycles. The van der Waals surface area contributed by atoms with Crippen molar-refractivity contribution in [3.05, 3.63) is 26.8 Å². The first-order valence-electron chi connectivity index (χ1n) is 5.49. The van der Waals surface area contributed by atoms with Crippen molar-refractivity contribution < 1.29 is 4.79 Å². The van der Waals surface area contributed by atoms with E-state index in [1.54, 1.807) is 16.2 Å². The van der Waals surface area contributed by atoms with Gasteiger partial charge >= 0.3 is 0 Å². The minimum atomic E-state index is 0.0361. The molecule has 2 nitrogen and oxygen atoms in total. The Morgan fingerprint density at radius 1 is 1.41 bits per heavy atom. The van der Waals surface area contributed by atoms with Crippen molar-refractivity contribution in [3.63, 3.8) is 0 Å². The van der Waals surface area contributed by atoms with Gasteiger partial charge in [-0.15, -0.1) is 11.3 Å². The summed E-state index contributed by atoms with van der Waals surface area (Å²) in [4.78, 5) is 16.8. The van der Waals surface area contributed by atoms with E-state index < -0.39 is 0 Å². The zero-order valence-corrected chi connectivity index (χ0v) is 12.2. The smallest absolute Gasteiger partial charge is 0.266 e. The number of nitrogens with zero attached hydrogens (tertiary/aromatic N) is 1. The number of aryl methyl sites for hydroxylation is 1. The average Bonchev–Trinajstić information content (AvgIpc) is 2.86. The van der Waals surface area contributed by atoms with Crippen molar-refractivity contribution in [1.29, 1.82) is 0 Å². The Balaban J connectivity index is 2.23. The summed E-state index contributed by atoms with van der Waals surface area (Å²) in [5.41, 5.74) is 0. The van der Waals surface area contributed by atoms with Crippen molar-refractivity contribution in [2.24, 2.45) is 0 Å². The Labute approximate surface area is 115 Å². The van der Waals surface area contributed by atoms with E-state index in [4.69, 9.17) is 12.2 Å². The van der Waals surface area contributed by atoms with E-state index in [2.05, 4.69) is 19.1 Å². The lowest BCUT2D eigenvalue weighted by Gasteiger charge is -2.09. The van der Waals surface area contributed by atoms with Gasteiger partial charge in [-0.2, -0.15) is 0 Å². The van der Waals surface area contributed by atoms with Crippen molar-refractivity contribution in [2.75, 3.05) is 6.54 Å². The van der Waals surface area contributed by atoms with Crippen LogP contribution in [0.25, 0.3) is 6.08 Å². The molecule has 1 fully saturated rings. The fourth-order valence-electron chi connectivity index (χ4n) is 1.56. The number of thiocarbonyl (C=S) groups is 1. The molecule has 0 unspecified atom stereocenters. The molecular formula is C12H13NOS3. The second-order valence-corrected chi connectivity index (χ2v) is 6.46. The highest BCUT2D eigenvalue weighted by atomic mass is 32.2. The molecule has 1 aliphatic heterocycles. The van der Waals surface area contributed by atoms with E-state index in [1.165, 1.54) is 16.6 Å². The van der Waals surface area contributed by atoms with E-state index in [9.17, 15) is 4.79 Å². The van der Waals surface area contributed by atoms with Crippen LogP contribution in [-0.2, 0) is 11.2 Å². The lowest BCUT2D eigenvalue weighted by atomic mass is 10.3. The van der Waals surface area contributed by atoms with Crippen LogP contribution in [0.2, 0.25) is 0 Å². The summed E-state index contributed by atoms with van der Waals surface area (Å²) in [6, 6.07) is 4.17. The molecule has 0 radical (unpaired) electrons. The molecule has 2 heterocycles. The molecule has 1 amide bonds. The van der Waals surface area contributed by atoms with E-state index in [0.29, 0.717) is 10.9 Å². The molecular weight excluding hydrogens is 270 g/mol. The minimum absolute atomic E-state index is 0.0361.